The van der Waals surface area contributed by atoms with Crippen molar-refractivity contribution in [3.05, 3.63) is 68.1 Å². The molecule has 2 nitrogen and oxygen atoms in total. The monoisotopic (exact) mass is 404 g/mol. The number of hydrogen-bond acceptors (Lipinski definition) is 2. The zero-order chi connectivity index (χ0) is 14.9. The molecule has 0 saturated heterocycles. The number of nitrogens with two attached hydrogens (primary N) is 2. The van der Waals surface area contributed by atoms with E-state index in [1.165, 1.54) is 12.1 Å². The number of halogens is 4. The highest BCUT2D eigenvalue weighted by Gasteiger charge is 2.19. The fourth-order valence-corrected chi connectivity index (χ4v) is 2.35. The van der Waals surface area contributed by atoms with Crippen LogP contribution in [0, 0.1) is 11.6 Å². The molecule has 2 atom stereocenters. The molecule has 2 rings (SSSR count). The zero-order valence-corrected chi connectivity index (χ0v) is 13.5. The van der Waals surface area contributed by atoms with E-state index in [2.05, 4.69) is 31.9 Å². The number of benzene rings is 2. The van der Waals surface area contributed by atoms with Crippen LogP contribution in [0.3, 0.4) is 0 Å². The summed E-state index contributed by atoms with van der Waals surface area (Å²) in [6, 6.07) is 7.91. The molecule has 4 N–H and O–H groups in total. The fraction of sp³-hybridized carbons (Fsp3) is 0.143. The lowest BCUT2D eigenvalue weighted by Crippen LogP contribution is -2.26. The smallest absolute Gasteiger partial charge is 0.137 e. The third-order valence-electron chi connectivity index (χ3n) is 3.04. The van der Waals surface area contributed by atoms with Crippen molar-refractivity contribution in [3.63, 3.8) is 0 Å². The highest BCUT2D eigenvalue weighted by atomic mass is 79.9. The lowest BCUT2D eigenvalue weighted by Gasteiger charge is -2.21. The molecule has 0 radical (unpaired) electrons. The van der Waals surface area contributed by atoms with Gasteiger partial charge in [-0.25, -0.2) is 8.78 Å². The Hall–Kier alpha value is -0.820. The summed E-state index contributed by atoms with van der Waals surface area (Å²) in [4.78, 5) is 0. The molecule has 0 aliphatic carbocycles. The average Bonchev–Trinajstić information content (AvgIpc) is 2.43. The molecule has 6 heteroatoms. The van der Waals surface area contributed by atoms with Crippen molar-refractivity contribution in [2.45, 2.75) is 12.1 Å². The lowest BCUT2D eigenvalue weighted by atomic mass is 9.95. The second-order valence-electron chi connectivity index (χ2n) is 4.40. The van der Waals surface area contributed by atoms with Crippen LogP contribution in [-0.4, -0.2) is 0 Å². The third-order valence-corrected chi connectivity index (χ3v) is 4.33. The van der Waals surface area contributed by atoms with E-state index in [0.717, 1.165) is 0 Å². The first-order chi connectivity index (χ1) is 9.40. The molecule has 0 fully saturated rings. The first-order valence-corrected chi connectivity index (χ1v) is 7.40. The Balaban J connectivity index is 2.29. The van der Waals surface area contributed by atoms with E-state index in [4.69, 9.17) is 11.5 Å². The maximum absolute atomic E-state index is 13.5. The summed E-state index contributed by atoms with van der Waals surface area (Å²) in [7, 11) is 0. The van der Waals surface area contributed by atoms with Crippen molar-refractivity contribution in [2.24, 2.45) is 11.5 Å². The molecule has 0 bridgehead atoms. The zero-order valence-electron chi connectivity index (χ0n) is 10.3. The summed E-state index contributed by atoms with van der Waals surface area (Å²) < 4.78 is 27.7. The Morgan fingerprint density at radius 2 is 1.10 bits per heavy atom. The molecule has 0 spiro atoms. The van der Waals surface area contributed by atoms with Crippen molar-refractivity contribution >= 4 is 31.9 Å². The van der Waals surface area contributed by atoms with Gasteiger partial charge in [-0.05, 0) is 67.3 Å². The van der Waals surface area contributed by atoms with E-state index < -0.39 is 23.7 Å². The van der Waals surface area contributed by atoms with Crippen LogP contribution in [0.25, 0.3) is 0 Å². The second-order valence-corrected chi connectivity index (χ2v) is 6.11. The lowest BCUT2D eigenvalue weighted by molar-refractivity contribution is 0.555. The van der Waals surface area contributed by atoms with Crippen LogP contribution in [-0.2, 0) is 0 Å². The molecule has 2 aromatic rings. The molecular formula is C14H12Br2F2N2. The minimum absolute atomic E-state index is 0.358. The highest BCUT2D eigenvalue weighted by molar-refractivity contribution is 9.10. The minimum atomic E-state index is -0.627. The van der Waals surface area contributed by atoms with Crippen LogP contribution < -0.4 is 11.5 Å². The quantitative estimate of drug-likeness (QED) is 0.804. The van der Waals surface area contributed by atoms with Gasteiger partial charge in [-0.15, -0.1) is 0 Å². The maximum Gasteiger partial charge on any atom is 0.137 e. The van der Waals surface area contributed by atoms with Crippen molar-refractivity contribution < 1.29 is 8.78 Å². The predicted molar refractivity (Wildman–Crippen MR) is 82.1 cm³/mol. The molecule has 0 aliphatic heterocycles. The van der Waals surface area contributed by atoms with Gasteiger partial charge in [-0.2, -0.15) is 0 Å². The van der Waals surface area contributed by atoms with E-state index in [-0.39, 0.29) is 0 Å². The topological polar surface area (TPSA) is 52.0 Å². The summed E-state index contributed by atoms with van der Waals surface area (Å²) in [5.41, 5.74) is 13.2. The van der Waals surface area contributed by atoms with E-state index in [1.807, 2.05) is 0 Å². The molecule has 0 aliphatic rings. The summed E-state index contributed by atoms with van der Waals surface area (Å²) in [6.07, 6.45) is 0. The molecule has 2 unspecified atom stereocenters. The van der Waals surface area contributed by atoms with Crippen LogP contribution in [0.1, 0.15) is 23.2 Å². The van der Waals surface area contributed by atoms with Gasteiger partial charge in [0, 0.05) is 12.1 Å². The van der Waals surface area contributed by atoms with Crippen LogP contribution >= 0.6 is 31.9 Å². The first kappa shape index (κ1) is 15.6. The molecular weight excluding hydrogens is 394 g/mol. The summed E-state index contributed by atoms with van der Waals surface area (Å²) in [5, 5.41) is 0. The van der Waals surface area contributed by atoms with E-state index in [1.54, 1.807) is 24.3 Å². The minimum Gasteiger partial charge on any atom is -0.322 e. The van der Waals surface area contributed by atoms with E-state index >= 15 is 0 Å². The average molecular weight is 406 g/mol. The second kappa shape index (κ2) is 6.30. The Morgan fingerprint density at radius 3 is 1.40 bits per heavy atom. The van der Waals surface area contributed by atoms with Crippen LogP contribution in [0.15, 0.2) is 45.3 Å². The van der Waals surface area contributed by atoms with Crippen LogP contribution in [0.4, 0.5) is 8.78 Å². The van der Waals surface area contributed by atoms with E-state index in [9.17, 15) is 8.78 Å². The van der Waals surface area contributed by atoms with Crippen molar-refractivity contribution in [1.82, 2.24) is 0 Å². The molecule has 106 valence electrons. The van der Waals surface area contributed by atoms with Gasteiger partial charge in [-0.1, -0.05) is 12.1 Å². The van der Waals surface area contributed by atoms with Crippen molar-refractivity contribution in [1.29, 1.82) is 0 Å². The third kappa shape index (κ3) is 3.25. The van der Waals surface area contributed by atoms with E-state index in [0.29, 0.717) is 20.1 Å². The molecule has 0 aromatic heterocycles. The van der Waals surface area contributed by atoms with Crippen molar-refractivity contribution in [2.75, 3.05) is 0 Å². The molecule has 0 amide bonds. The van der Waals surface area contributed by atoms with Gasteiger partial charge >= 0.3 is 0 Å². The summed E-state index contributed by atoms with van der Waals surface area (Å²) in [5.74, 6) is -0.820. The van der Waals surface area contributed by atoms with Gasteiger partial charge in [0.25, 0.3) is 0 Å². The first-order valence-electron chi connectivity index (χ1n) is 5.81. The molecule has 20 heavy (non-hydrogen) atoms. The predicted octanol–water partition coefficient (Wildman–Crippen LogP) is 4.19. The fourth-order valence-electron chi connectivity index (χ4n) is 1.85. The molecule has 2 aromatic carbocycles. The Kier molecular flexibility index (Phi) is 4.90. The van der Waals surface area contributed by atoms with Gasteiger partial charge < -0.3 is 11.5 Å². The van der Waals surface area contributed by atoms with Gasteiger partial charge in [0.05, 0.1) is 8.95 Å². The molecule has 0 saturated carbocycles. The van der Waals surface area contributed by atoms with Gasteiger partial charge in [-0.3, -0.25) is 0 Å². The van der Waals surface area contributed by atoms with Crippen LogP contribution in [0.2, 0.25) is 0 Å². The standard InChI is InChI=1S/C14H12Br2F2N2/c15-9-3-1-7(5-11(9)17)13(19)14(20)8-2-4-10(16)12(18)6-8/h1-6,13-14H,19-20H2. The van der Waals surface area contributed by atoms with Gasteiger partial charge in [0.1, 0.15) is 11.6 Å². The van der Waals surface area contributed by atoms with Crippen molar-refractivity contribution in [3.8, 4) is 0 Å². The SMILES string of the molecule is NC(c1ccc(Br)c(F)c1)C(N)c1ccc(Br)c(F)c1. The Bertz CT molecular complexity index is 579. The van der Waals surface area contributed by atoms with Gasteiger partial charge in [0.15, 0.2) is 0 Å². The Labute approximate surface area is 132 Å². The Morgan fingerprint density at radius 1 is 0.750 bits per heavy atom. The largest absolute Gasteiger partial charge is 0.322 e. The normalized spacial score (nSPS) is 14.1. The highest BCUT2D eigenvalue weighted by Crippen LogP contribution is 2.28. The summed E-state index contributed by atoms with van der Waals surface area (Å²) in [6.45, 7) is 0. The maximum atomic E-state index is 13.5. The summed E-state index contributed by atoms with van der Waals surface area (Å²) >= 11 is 6.15. The number of rotatable bonds is 3. The van der Waals surface area contributed by atoms with Gasteiger partial charge in [0.2, 0.25) is 0 Å². The van der Waals surface area contributed by atoms with Crippen LogP contribution in [0.5, 0.6) is 0 Å². The number of hydrogen-bond donors (Lipinski definition) is 2. The molecule has 0 heterocycles.